The van der Waals surface area contributed by atoms with Crippen LogP contribution in [0.25, 0.3) is 0 Å². The van der Waals surface area contributed by atoms with Crippen molar-refractivity contribution in [1.29, 1.82) is 0 Å². The van der Waals surface area contributed by atoms with Gasteiger partial charge in [0.1, 0.15) is 6.10 Å². The van der Waals surface area contributed by atoms with Crippen LogP contribution >= 0.6 is 0 Å². The molecule has 2 aliphatic rings. The van der Waals surface area contributed by atoms with Gasteiger partial charge < -0.3 is 20.1 Å². The molecule has 2 fully saturated rings. The fraction of sp³-hybridized carbons (Fsp3) is 0.542. The highest BCUT2D eigenvalue weighted by atomic mass is 19.3. The molecular weight excluding hydrogens is 406 g/mol. The van der Waals surface area contributed by atoms with Crippen molar-refractivity contribution in [2.24, 2.45) is 11.8 Å². The predicted octanol–water partition coefficient (Wildman–Crippen LogP) is 4.19. The maximum atomic E-state index is 15.0. The van der Waals surface area contributed by atoms with Crippen LogP contribution in [-0.4, -0.2) is 45.5 Å². The van der Waals surface area contributed by atoms with E-state index in [1.807, 2.05) is 38.1 Å². The predicted molar refractivity (Wildman–Crippen MR) is 112 cm³/mol. The maximum absolute atomic E-state index is 15.0. The Balaban J connectivity index is 1.70. The molecule has 5 nitrogen and oxygen atoms in total. The summed E-state index contributed by atoms with van der Waals surface area (Å²) in [5, 5.41) is 29.6. The van der Waals surface area contributed by atoms with Crippen molar-refractivity contribution < 1.29 is 33.6 Å². The summed E-state index contributed by atoms with van der Waals surface area (Å²) >= 11 is 0. The normalized spacial score (nSPS) is 30.3. The van der Waals surface area contributed by atoms with E-state index in [9.17, 15) is 15.0 Å². The number of aryl methyl sites for hydroxylation is 1. The van der Waals surface area contributed by atoms with E-state index in [4.69, 9.17) is 9.84 Å². The SMILES string of the molecule is Cc1cccc([C@H](C)[C@@H](O)/C=C\[C@@H]2[C@@H]3[C@H](C[C@H]2O)OC(=CCCCC(=O)O)C3(F)F)c1. The molecule has 1 aromatic carbocycles. The number of carbonyl (C=O) groups is 1. The summed E-state index contributed by atoms with van der Waals surface area (Å²) in [5.74, 6) is -6.95. The zero-order chi connectivity index (χ0) is 22.8. The zero-order valence-corrected chi connectivity index (χ0v) is 17.7. The van der Waals surface area contributed by atoms with Crippen LogP contribution in [-0.2, 0) is 9.53 Å². The molecule has 3 N–H and O–H groups in total. The minimum absolute atomic E-state index is 0.0885. The molecule has 1 aliphatic carbocycles. The van der Waals surface area contributed by atoms with Crippen molar-refractivity contribution in [2.45, 2.75) is 69.7 Å². The summed E-state index contributed by atoms with van der Waals surface area (Å²) in [5.41, 5.74) is 2.02. The summed E-state index contributed by atoms with van der Waals surface area (Å²) in [6.45, 7) is 3.82. The smallest absolute Gasteiger partial charge is 0.310 e. The van der Waals surface area contributed by atoms with E-state index in [0.29, 0.717) is 0 Å². The molecule has 0 bridgehead atoms. The number of carboxylic acid groups (broad SMARTS) is 1. The molecule has 170 valence electrons. The number of aliphatic hydroxyl groups excluding tert-OH is 2. The number of rotatable bonds is 8. The van der Waals surface area contributed by atoms with Crippen LogP contribution < -0.4 is 0 Å². The molecule has 0 radical (unpaired) electrons. The molecule has 31 heavy (non-hydrogen) atoms. The number of aliphatic hydroxyl groups is 2. The van der Waals surface area contributed by atoms with Crippen molar-refractivity contribution in [1.82, 2.24) is 0 Å². The van der Waals surface area contributed by atoms with E-state index in [2.05, 4.69) is 0 Å². The van der Waals surface area contributed by atoms with Gasteiger partial charge in [-0.25, -0.2) is 0 Å². The molecule has 7 heteroatoms. The lowest BCUT2D eigenvalue weighted by Crippen LogP contribution is -2.33. The lowest BCUT2D eigenvalue weighted by Gasteiger charge is -2.23. The van der Waals surface area contributed by atoms with Crippen LogP contribution in [0.15, 0.2) is 48.3 Å². The number of ether oxygens (including phenoxy) is 1. The quantitative estimate of drug-likeness (QED) is 0.420. The number of aliphatic carboxylic acids is 1. The lowest BCUT2D eigenvalue weighted by molar-refractivity contribution is -0.137. The maximum Gasteiger partial charge on any atom is 0.310 e. The van der Waals surface area contributed by atoms with Crippen LogP contribution in [0.1, 0.15) is 49.7 Å². The van der Waals surface area contributed by atoms with Gasteiger partial charge in [0, 0.05) is 24.7 Å². The third kappa shape index (κ3) is 5.15. The van der Waals surface area contributed by atoms with E-state index in [1.54, 1.807) is 0 Å². The summed E-state index contributed by atoms with van der Waals surface area (Å²) < 4.78 is 35.5. The van der Waals surface area contributed by atoms with Crippen LogP contribution in [0.5, 0.6) is 0 Å². The van der Waals surface area contributed by atoms with Gasteiger partial charge in [-0.3, -0.25) is 4.79 Å². The van der Waals surface area contributed by atoms with Gasteiger partial charge in [0.05, 0.1) is 18.1 Å². The average molecular weight is 436 g/mol. The van der Waals surface area contributed by atoms with E-state index >= 15 is 8.78 Å². The van der Waals surface area contributed by atoms with Crippen LogP contribution in [0.3, 0.4) is 0 Å². The number of halogens is 2. The Hall–Kier alpha value is -2.25. The van der Waals surface area contributed by atoms with Gasteiger partial charge in [-0.2, -0.15) is 8.78 Å². The highest BCUT2D eigenvalue weighted by Crippen LogP contribution is 2.54. The highest BCUT2D eigenvalue weighted by Gasteiger charge is 2.63. The second-order valence-corrected chi connectivity index (χ2v) is 8.62. The monoisotopic (exact) mass is 436 g/mol. The fourth-order valence-electron chi connectivity index (χ4n) is 4.51. The molecule has 6 atom stereocenters. The summed E-state index contributed by atoms with van der Waals surface area (Å²) in [6, 6.07) is 7.75. The number of hydrogen-bond acceptors (Lipinski definition) is 4. The Morgan fingerprint density at radius 3 is 2.81 bits per heavy atom. The second-order valence-electron chi connectivity index (χ2n) is 8.62. The first-order chi connectivity index (χ1) is 14.6. The van der Waals surface area contributed by atoms with Gasteiger partial charge in [-0.15, -0.1) is 0 Å². The third-order valence-corrected chi connectivity index (χ3v) is 6.29. The largest absolute Gasteiger partial charge is 0.488 e. The van der Waals surface area contributed by atoms with E-state index in [1.165, 1.54) is 18.2 Å². The number of unbranched alkanes of at least 4 members (excludes halogenated alkanes) is 1. The molecule has 1 saturated heterocycles. The zero-order valence-electron chi connectivity index (χ0n) is 17.7. The number of carboxylic acids is 1. The van der Waals surface area contributed by atoms with E-state index in [-0.39, 0.29) is 31.6 Å². The second kappa shape index (κ2) is 9.49. The Kier molecular flexibility index (Phi) is 7.17. The van der Waals surface area contributed by atoms with Crippen molar-refractivity contribution >= 4 is 5.97 Å². The van der Waals surface area contributed by atoms with Crippen molar-refractivity contribution in [2.75, 3.05) is 0 Å². The van der Waals surface area contributed by atoms with Crippen molar-refractivity contribution in [3.8, 4) is 0 Å². The number of fused-ring (bicyclic) bond motifs is 1. The highest BCUT2D eigenvalue weighted by molar-refractivity contribution is 5.66. The molecule has 3 rings (SSSR count). The van der Waals surface area contributed by atoms with Crippen molar-refractivity contribution in [3.63, 3.8) is 0 Å². The van der Waals surface area contributed by atoms with Gasteiger partial charge in [-0.1, -0.05) is 48.9 Å². The average Bonchev–Trinajstić information content (AvgIpc) is 3.14. The summed E-state index contributed by atoms with van der Waals surface area (Å²) in [7, 11) is 0. The lowest BCUT2D eigenvalue weighted by atomic mass is 9.86. The van der Waals surface area contributed by atoms with Gasteiger partial charge >= 0.3 is 11.9 Å². The molecule has 1 heterocycles. The Morgan fingerprint density at radius 1 is 1.39 bits per heavy atom. The Morgan fingerprint density at radius 2 is 2.13 bits per heavy atom. The molecule has 1 aromatic rings. The third-order valence-electron chi connectivity index (χ3n) is 6.29. The number of benzene rings is 1. The van der Waals surface area contributed by atoms with E-state index in [0.717, 1.165) is 11.1 Å². The molecule has 0 spiro atoms. The molecule has 1 saturated carbocycles. The van der Waals surface area contributed by atoms with Gasteiger partial charge in [0.2, 0.25) is 0 Å². The van der Waals surface area contributed by atoms with Crippen LogP contribution in [0, 0.1) is 18.8 Å². The first-order valence-corrected chi connectivity index (χ1v) is 10.7. The number of allylic oxidation sites excluding steroid dienone is 2. The number of hydrogen-bond donors (Lipinski definition) is 3. The molecule has 0 unspecified atom stereocenters. The standard InChI is InChI=1S/C24H30F2O5/c1-14-6-5-7-16(12-14)15(2)18(27)11-10-17-19(28)13-20-23(17)24(25,26)21(31-20)8-3-4-9-22(29)30/h5-8,10-12,15,17-20,23,27-28H,3-4,9,13H2,1-2H3,(H,29,30)/b11-10-,21-8?/t15-,17-,18-,19+,20-,23+/m0/s1. The van der Waals surface area contributed by atoms with E-state index < -0.39 is 47.8 Å². The fourth-order valence-corrected chi connectivity index (χ4v) is 4.51. The summed E-state index contributed by atoms with van der Waals surface area (Å²) in [4.78, 5) is 10.6. The van der Waals surface area contributed by atoms with Gasteiger partial charge in [0.25, 0.3) is 0 Å². The van der Waals surface area contributed by atoms with Crippen LogP contribution in [0.4, 0.5) is 8.78 Å². The Labute approximate surface area is 181 Å². The van der Waals surface area contributed by atoms with Crippen LogP contribution in [0.2, 0.25) is 0 Å². The molecule has 0 amide bonds. The first-order valence-electron chi connectivity index (χ1n) is 10.7. The molecule has 0 aromatic heterocycles. The number of alkyl halides is 2. The van der Waals surface area contributed by atoms with Gasteiger partial charge in [0.15, 0.2) is 5.76 Å². The Bertz CT molecular complexity index is 850. The first kappa shape index (κ1) is 23.4. The molecule has 1 aliphatic heterocycles. The minimum Gasteiger partial charge on any atom is -0.488 e. The minimum atomic E-state index is -3.26. The topological polar surface area (TPSA) is 87.0 Å². The van der Waals surface area contributed by atoms with Gasteiger partial charge in [-0.05, 0) is 31.4 Å². The summed E-state index contributed by atoms with van der Waals surface area (Å²) in [6.07, 6.45) is 2.02. The molecular formula is C24H30F2O5. The van der Waals surface area contributed by atoms with Crippen molar-refractivity contribution in [3.05, 3.63) is 59.4 Å².